The van der Waals surface area contributed by atoms with Gasteiger partial charge < -0.3 is 9.64 Å². The maximum atomic E-state index is 12.6. The third-order valence-corrected chi connectivity index (χ3v) is 4.57. The van der Waals surface area contributed by atoms with Crippen molar-refractivity contribution >= 4 is 23.4 Å². The van der Waals surface area contributed by atoms with Gasteiger partial charge in [-0.3, -0.25) is 9.78 Å². The van der Waals surface area contributed by atoms with Crippen LogP contribution in [0.1, 0.15) is 33.6 Å². The van der Waals surface area contributed by atoms with Crippen molar-refractivity contribution in [3.8, 4) is 0 Å². The molecule has 116 valence electrons. The monoisotopic (exact) mass is 308 g/mol. The number of amides is 1. The van der Waals surface area contributed by atoms with Gasteiger partial charge in [0, 0.05) is 29.4 Å². The van der Waals surface area contributed by atoms with Crippen LogP contribution in [0.5, 0.6) is 0 Å². The van der Waals surface area contributed by atoms with E-state index in [1.807, 2.05) is 17.0 Å². The van der Waals surface area contributed by atoms with Crippen molar-refractivity contribution in [2.45, 2.75) is 44.5 Å². The van der Waals surface area contributed by atoms with Gasteiger partial charge in [0.2, 0.25) is 5.91 Å². The number of nitrogens with zero attached hydrogens (tertiary/aromatic N) is 2. The van der Waals surface area contributed by atoms with Gasteiger partial charge in [0.05, 0.1) is 18.4 Å². The summed E-state index contributed by atoms with van der Waals surface area (Å²) in [5, 5.41) is 0. The maximum Gasteiger partial charge on any atom is 0.237 e. The van der Waals surface area contributed by atoms with Crippen LogP contribution in [0.15, 0.2) is 24.5 Å². The van der Waals surface area contributed by atoms with Gasteiger partial charge in [-0.2, -0.15) is 0 Å². The van der Waals surface area contributed by atoms with E-state index in [1.165, 1.54) is 0 Å². The molecule has 0 saturated carbocycles. The molecule has 0 N–H and O–H groups in total. The number of carbonyl (C=O) groups is 1. The molecule has 0 radical (unpaired) electrons. The molecule has 1 aliphatic rings. The minimum absolute atomic E-state index is 0.0867. The zero-order valence-corrected chi connectivity index (χ0v) is 13.9. The second-order valence-electron chi connectivity index (χ2n) is 6.25. The molecule has 1 unspecified atom stereocenters. The summed E-state index contributed by atoms with van der Waals surface area (Å²) in [5.74, 6) is 0.620. The number of carbonyl (C=O) groups excluding carboxylic acids is 1. The summed E-state index contributed by atoms with van der Waals surface area (Å²) in [4.78, 5) is 18.5. The Kier molecular flexibility index (Phi) is 5.65. The number of thioether (sulfide) groups is 1. The van der Waals surface area contributed by atoms with Crippen LogP contribution in [-0.4, -0.2) is 40.6 Å². The number of ether oxygens (including phenoxy) is 1. The molecule has 1 aliphatic heterocycles. The molecule has 0 aromatic carbocycles. The van der Waals surface area contributed by atoms with Crippen molar-refractivity contribution in [2.75, 3.05) is 23.8 Å². The van der Waals surface area contributed by atoms with E-state index in [-0.39, 0.29) is 16.8 Å². The molecule has 1 atom stereocenters. The highest BCUT2D eigenvalue weighted by Gasteiger charge is 2.25. The maximum absolute atomic E-state index is 12.6. The van der Waals surface area contributed by atoms with Gasteiger partial charge in [0.15, 0.2) is 0 Å². The van der Waals surface area contributed by atoms with E-state index in [4.69, 9.17) is 4.74 Å². The third-order valence-electron chi connectivity index (χ3n) is 3.31. The Bertz CT molecular complexity index is 453. The van der Waals surface area contributed by atoms with Crippen LogP contribution >= 0.6 is 11.8 Å². The standard InChI is InChI=1S/C16H24N2O2S/c1-16(2,3)21-12-15(19)18(11-14-5-4-10-20-14)13-6-8-17-9-7-13/h6-9,14H,4-5,10-12H2,1-3H3. The number of hydrogen-bond acceptors (Lipinski definition) is 4. The average molecular weight is 308 g/mol. The second kappa shape index (κ2) is 7.27. The number of pyridine rings is 1. The Labute approximate surface area is 131 Å². The smallest absolute Gasteiger partial charge is 0.237 e. The zero-order valence-electron chi connectivity index (χ0n) is 13.0. The molecule has 5 heteroatoms. The Hall–Kier alpha value is -1.07. The van der Waals surface area contributed by atoms with Crippen molar-refractivity contribution in [3.63, 3.8) is 0 Å². The van der Waals surface area contributed by atoms with Crippen molar-refractivity contribution in [1.82, 2.24) is 4.98 Å². The molecule has 0 spiro atoms. The summed E-state index contributed by atoms with van der Waals surface area (Å²) in [6.07, 6.45) is 5.72. The van der Waals surface area contributed by atoms with Crippen LogP contribution in [0, 0.1) is 0 Å². The number of anilines is 1. The molecule has 0 bridgehead atoms. The van der Waals surface area contributed by atoms with Gasteiger partial charge in [0.25, 0.3) is 0 Å². The third kappa shape index (κ3) is 5.32. The van der Waals surface area contributed by atoms with Crippen LogP contribution in [0.3, 0.4) is 0 Å². The summed E-state index contributed by atoms with van der Waals surface area (Å²) in [5.41, 5.74) is 0.903. The van der Waals surface area contributed by atoms with Gasteiger partial charge >= 0.3 is 0 Å². The first kappa shape index (κ1) is 16.3. The van der Waals surface area contributed by atoms with E-state index in [0.29, 0.717) is 12.3 Å². The molecular weight excluding hydrogens is 284 g/mol. The van der Waals surface area contributed by atoms with Crippen molar-refractivity contribution < 1.29 is 9.53 Å². The van der Waals surface area contributed by atoms with Crippen molar-refractivity contribution in [1.29, 1.82) is 0 Å². The number of rotatable bonds is 5. The molecule has 0 aliphatic carbocycles. The first-order valence-electron chi connectivity index (χ1n) is 7.42. The highest BCUT2D eigenvalue weighted by Crippen LogP contribution is 2.25. The normalized spacial score (nSPS) is 18.7. The highest BCUT2D eigenvalue weighted by molar-refractivity contribution is 8.01. The first-order chi connectivity index (χ1) is 9.96. The lowest BCUT2D eigenvalue weighted by molar-refractivity contribution is -0.116. The molecule has 1 aromatic heterocycles. The van der Waals surface area contributed by atoms with E-state index in [1.54, 1.807) is 24.2 Å². The minimum atomic E-state index is 0.0867. The number of aromatic nitrogens is 1. The summed E-state index contributed by atoms with van der Waals surface area (Å²) in [6, 6.07) is 3.77. The molecular formula is C16H24N2O2S. The minimum Gasteiger partial charge on any atom is -0.376 e. The van der Waals surface area contributed by atoms with Crippen LogP contribution in [0.4, 0.5) is 5.69 Å². The fourth-order valence-corrected chi connectivity index (χ4v) is 2.94. The van der Waals surface area contributed by atoms with Gasteiger partial charge in [-0.1, -0.05) is 20.8 Å². The Morgan fingerprint density at radius 2 is 2.14 bits per heavy atom. The van der Waals surface area contributed by atoms with E-state index in [0.717, 1.165) is 25.1 Å². The molecule has 2 rings (SSSR count). The average Bonchev–Trinajstić information content (AvgIpc) is 2.95. The Morgan fingerprint density at radius 3 is 2.71 bits per heavy atom. The van der Waals surface area contributed by atoms with Gasteiger partial charge in [-0.25, -0.2) is 0 Å². The van der Waals surface area contributed by atoms with Gasteiger partial charge in [-0.15, -0.1) is 11.8 Å². The van der Waals surface area contributed by atoms with E-state index < -0.39 is 0 Å². The fraction of sp³-hybridized carbons (Fsp3) is 0.625. The van der Waals surface area contributed by atoms with Crippen LogP contribution < -0.4 is 4.90 Å². The zero-order chi connectivity index (χ0) is 15.3. The number of hydrogen-bond donors (Lipinski definition) is 0. The van der Waals surface area contributed by atoms with Crippen LogP contribution in [0.25, 0.3) is 0 Å². The predicted octanol–water partition coefficient (Wildman–Crippen LogP) is 3.13. The second-order valence-corrected chi connectivity index (χ2v) is 8.05. The molecule has 1 aromatic rings. The molecule has 21 heavy (non-hydrogen) atoms. The lowest BCUT2D eigenvalue weighted by Gasteiger charge is -2.27. The van der Waals surface area contributed by atoms with Gasteiger partial charge in [-0.05, 0) is 25.0 Å². The summed E-state index contributed by atoms with van der Waals surface area (Å²) >= 11 is 1.67. The highest BCUT2D eigenvalue weighted by atomic mass is 32.2. The van der Waals surface area contributed by atoms with E-state index in [9.17, 15) is 4.79 Å². The van der Waals surface area contributed by atoms with E-state index >= 15 is 0 Å². The molecule has 1 fully saturated rings. The van der Waals surface area contributed by atoms with Crippen molar-refractivity contribution in [2.24, 2.45) is 0 Å². The Balaban J connectivity index is 2.05. The quantitative estimate of drug-likeness (QED) is 0.838. The summed E-state index contributed by atoms with van der Waals surface area (Å²) < 4.78 is 5.77. The topological polar surface area (TPSA) is 42.4 Å². The first-order valence-corrected chi connectivity index (χ1v) is 8.40. The SMILES string of the molecule is CC(C)(C)SCC(=O)N(CC1CCCO1)c1ccncc1. The fourth-order valence-electron chi connectivity index (χ4n) is 2.22. The molecule has 1 amide bonds. The predicted molar refractivity (Wildman–Crippen MR) is 87.8 cm³/mol. The molecule has 4 nitrogen and oxygen atoms in total. The lowest BCUT2D eigenvalue weighted by atomic mass is 10.2. The van der Waals surface area contributed by atoms with Crippen molar-refractivity contribution in [3.05, 3.63) is 24.5 Å². The summed E-state index contributed by atoms with van der Waals surface area (Å²) in [7, 11) is 0. The Morgan fingerprint density at radius 1 is 1.43 bits per heavy atom. The lowest BCUT2D eigenvalue weighted by Crippen LogP contribution is -2.39. The van der Waals surface area contributed by atoms with E-state index in [2.05, 4.69) is 25.8 Å². The van der Waals surface area contributed by atoms with Crippen LogP contribution in [0.2, 0.25) is 0 Å². The van der Waals surface area contributed by atoms with Crippen LogP contribution in [-0.2, 0) is 9.53 Å². The van der Waals surface area contributed by atoms with Gasteiger partial charge in [0.1, 0.15) is 0 Å². The largest absolute Gasteiger partial charge is 0.376 e. The summed E-state index contributed by atoms with van der Waals surface area (Å²) in [6.45, 7) is 7.82. The molecule has 2 heterocycles. The molecule has 1 saturated heterocycles.